The first-order valence-electron chi connectivity index (χ1n) is 10.3. The highest BCUT2D eigenvalue weighted by Gasteiger charge is 2.44. The Morgan fingerprint density at radius 2 is 1.77 bits per heavy atom. The number of aromatic nitrogens is 1. The summed E-state index contributed by atoms with van der Waals surface area (Å²) in [5, 5.41) is 3.80. The molecule has 0 radical (unpaired) electrons. The van der Waals surface area contributed by atoms with Gasteiger partial charge >= 0.3 is 11.9 Å². The van der Waals surface area contributed by atoms with Crippen molar-refractivity contribution in [2.24, 2.45) is 7.05 Å². The van der Waals surface area contributed by atoms with E-state index in [1.54, 1.807) is 33.0 Å². The molecule has 0 amide bonds. The first kappa shape index (κ1) is 22.4. The normalized spacial score (nSPS) is 15.9. The minimum absolute atomic E-state index is 0.0576. The van der Waals surface area contributed by atoms with E-state index in [1.165, 1.54) is 4.57 Å². The Balaban J connectivity index is 2.40. The average Bonchev–Trinajstić information content (AvgIpc) is 2.70. The van der Waals surface area contributed by atoms with Gasteiger partial charge in [0.05, 0.1) is 24.3 Å². The second-order valence-electron chi connectivity index (χ2n) is 8.25. The van der Waals surface area contributed by atoms with E-state index < -0.39 is 29.0 Å². The highest BCUT2D eigenvalue weighted by Crippen LogP contribution is 2.42. The summed E-state index contributed by atoms with van der Waals surface area (Å²) in [5.41, 5.74) is -0.316. The van der Waals surface area contributed by atoms with Crippen LogP contribution in [0.5, 0.6) is 5.75 Å². The largest absolute Gasteiger partial charge is 0.465 e. The third-order valence-corrected chi connectivity index (χ3v) is 4.82. The molecule has 1 atom stereocenters. The van der Waals surface area contributed by atoms with Gasteiger partial charge < -0.3 is 24.1 Å². The van der Waals surface area contributed by atoms with E-state index in [0.717, 1.165) is 0 Å². The van der Waals surface area contributed by atoms with Gasteiger partial charge in [0.25, 0.3) is 5.56 Å². The predicted octanol–water partition coefficient (Wildman–Crippen LogP) is 2.74. The highest BCUT2D eigenvalue weighted by molar-refractivity contribution is 6.02. The number of pyridine rings is 1. The van der Waals surface area contributed by atoms with Crippen LogP contribution in [0.1, 0.15) is 46.1 Å². The van der Waals surface area contributed by atoms with E-state index in [4.69, 9.17) is 14.2 Å². The van der Waals surface area contributed by atoms with Crippen molar-refractivity contribution in [3.63, 3.8) is 0 Å². The Morgan fingerprint density at radius 3 is 2.39 bits per heavy atom. The third kappa shape index (κ3) is 4.15. The van der Waals surface area contributed by atoms with E-state index in [2.05, 4.69) is 5.32 Å². The third-order valence-electron chi connectivity index (χ3n) is 4.82. The van der Waals surface area contributed by atoms with Crippen molar-refractivity contribution in [2.45, 2.75) is 46.1 Å². The minimum Gasteiger partial charge on any atom is -0.465 e. The summed E-state index contributed by atoms with van der Waals surface area (Å²) >= 11 is 0. The van der Waals surface area contributed by atoms with Gasteiger partial charge in [-0.15, -0.1) is 0 Å². The summed E-state index contributed by atoms with van der Waals surface area (Å²) in [6.07, 6.45) is 0. The monoisotopic (exact) mass is 428 g/mol. The lowest BCUT2D eigenvalue weighted by molar-refractivity contribution is -0.148. The van der Waals surface area contributed by atoms with Crippen LogP contribution in [0.2, 0.25) is 0 Å². The number of fused-ring (bicyclic) bond motifs is 3. The molecule has 1 aliphatic rings. The van der Waals surface area contributed by atoms with Crippen molar-refractivity contribution in [3.8, 4) is 5.75 Å². The van der Waals surface area contributed by atoms with Crippen LogP contribution in [0, 0.1) is 0 Å². The Bertz CT molecular complexity index is 1120. The molecule has 1 unspecified atom stereocenters. The van der Waals surface area contributed by atoms with Gasteiger partial charge in [-0.25, -0.2) is 4.79 Å². The number of carbonyl (C=O) groups excluding carboxylic acids is 2. The van der Waals surface area contributed by atoms with Crippen molar-refractivity contribution in [1.29, 1.82) is 0 Å². The number of esters is 2. The fraction of sp³-hybridized carbons (Fsp3) is 0.435. The molecule has 1 N–H and O–H groups in total. The lowest BCUT2D eigenvalue weighted by Crippen LogP contribution is -2.43. The van der Waals surface area contributed by atoms with Crippen molar-refractivity contribution in [1.82, 2.24) is 9.88 Å². The standard InChI is InChI=1S/C23H28N2O6/c1-7-29-21(27)15-16-18(13-11-9-10-12-14(13)25(6)20(16)26)31-19(24-23(3,4)5)17(15)22(28)30-8-2/h9-12,15,24H,7-8H2,1-6H3. The maximum atomic E-state index is 13.3. The predicted molar refractivity (Wildman–Crippen MR) is 116 cm³/mol. The molecule has 0 fully saturated rings. The molecular formula is C23H28N2O6. The Labute approximate surface area is 180 Å². The number of ether oxygens (including phenoxy) is 3. The number of rotatable bonds is 5. The number of hydrogen-bond acceptors (Lipinski definition) is 7. The molecule has 2 aromatic rings. The number of nitrogens with one attached hydrogen (secondary N) is 1. The molecule has 1 aromatic carbocycles. The highest BCUT2D eigenvalue weighted by atomic mass is 16.5. The number of para-hydroxylation sites is 1. The van der Waals surface area contributed by atoms with Crippen molar-refractivity contribution < 1.29 is 23.8 Å². The number of hydrogen-bond donors (Lipinski definition) is 1. The van der Waals surface area contributed by atoms with Gasteiger partial charge in [0.15, 0.2) is 0 Å². The molecule has 0 spiro atoms. The summed E-state index contributed by atoms with van der Waals surface area (Å²) in [5.74, 6) is -2.42. The zero-order chi connectivity index (χ0) is 22.9. The van der Waals surface area contributed by atoms with Crippen LogP contribution in [-0.4, -0.2) is 35.3 Å². The molecule has 2 heterocycles. The molecule has 0 aliphatic carbocycles. The molecule has 1 aliphatic heterocycles. The summed E-state index contributed by atoms with van der Waals surface area (Å²) in [4.78, 5) is 39.4. The number of carbonyl (C=O) groups is 2. The van der Waals surface area contributed by atoms with Gasteiger partial charge in [-0.2, -0.15) is 0 Å². The summed E-state index contributed by atoms with van der Waals surface area (Å²) in [6.45, 7) is 9.20. The smallest absolute Gasteiger partial charge is 0.340 e. The molecular weight excluding hydrogens is 400 g/mol. The molecule has 1 aromatic heterocycles. The van der Waals surface area contributed by atoms with Gasteiger partial charge in [-0.1, -0.05) is 12.1 Å². The van der Waals surface area contributed by atoms with Gasteiger partial charge in [0, 0.05) is 18.0 Å². The average molecular weight is 428 g/mol. The fourth-order valence-corrected chi connectivity index (χ4v) is 3.60. The van der Waals surface area contributed by atoms with Crippen molar-refractivity contribution >= 4 is 22.8 Å². The van der Waals surface area contributed by atoms with E-state index in [0.29, 0.717) is 10.9 Å². The summed E-state index contributed by atoms with van der Waals surface area (Å²) < 4.78 is 18.1. The second-order valence-corrected chi connectivity index (χ2v) is 8.25. The Morgan fingerprint density at radius 1 is 1.13 bits per heavy atom. The molecule has 166 valence electrons. The SMILES string of the molecule is CCOC(=O)C1=C(NC(C)(C)C)Oc2c(c(=O)n(C)c3ccccc23)C1C(=O)OCC. The lowest BCUT2D eigenvalue weighted by Gasteiger charge is -2.32. The molecule has 8 nitrogen and oxygen atoms in total. The van der Waals surface area contributed by atoms with E-state index in [-0.39, 0.29) is 36.0 Å². The summed E-state index contributed by atoms with van der Waals surface area (Å²) in [7, 11) is 1.61. The maximum Gasteiger partial charge on any atom is 0.340 e. The number of benzene rings is 1. The van der Waals surface area contributed by atoms with E-state index >= 15 is 0 Å². The van der Waals surface area contributed by atoms with Crippen molar-refractivity contribution in [2.75, 3.05) is 13.2 Å². The van der Waals surface area contributed by atoms with Crippen LogP contribution < -0.4 is 15.6 Å². The number of nitrogens with zero attached hydrogens (tertiary/aromatic N) is 1. The topological polar surface area (TPSA) is 95.9 Å². The second kappa shape index (κ2) is 8.45. The van der Waals surface area contributed by atoms with Crippen LogP contribution in [0.25, 0.3) is 10.9 Å². The molecule has 31 heavy (non-hydrogen) atoms. The Kier molecular flexibility index (Phi) is 6.10. The molecule has 3 rings (SSSR count). The van der Waals surface area contributed by atoms with Crippen LogP contribution in [0.3, 0.4) is 0 Å². The molecule has 0 bridgehead atoms. The van der Waals surface area contributed by atoms with Gasteiger partial charge in [-0.05, 0) is 46.8 Å². The number of aryl methyl sites for hydroxylation is 1. The fourth-order valence-electron chi connectivity index (χ4n) is 3.60. The molecule has 0 saturated heterocycles. The van der Waals surface area contributed by atoms with Gasteiger partial charge in [0.2, 0.25) is 5.88 Å². The van der Waals surface area contributed by atoms with Crippen LogP contribution >= 0.6 is 0 Å². The summed E-state index contributed by atoms with van der Waals surface area (Å²) in [6, 6.07) is 7.23. The molecule has 8 heteroatoms. The van der Waals surface area contributed by atoms with Crippen LogP contribution in [0.4, 0.5) is 0 Å². The van der Waals surface area contributed by atoms with Crippen molar-refractivity contribution in [3.05, 3.63) is 51.6 Å². The van der Waals surface area contributed by atoms with Crippen LogP contribution in [0.15, 0.2) is 40.5 Å². The quantitative estimate of drug-likeness (QED) is 0.732. The lowest BCUT2D eigenvalue weighted by atomic mass is 9.87. The maximum absolute atomic E-state index is 13.3. The van der Waals surface area contributed by atoms with Gasteiger partial charge in [0.1, 0.15) is 17.2 Å². The minimum atomic E-state index is -1.28. The first-order valence-corrected chi connectivity index (χ1v) is 10.3. The zero-order valence-electron chi connectivity index (χ0n) is 18.7. The van der Waals surface area contributed by atoms with Gasteiger partial charge in [-0.3, -0.25) is 9.59 Å². The van der Waals surface area contributed by atoms with Crippen LogP contribution in [-0.2, 0) is 26.1 Å². The molecule has 0 saturated carbocycles. The van der Waals surface area contributed by atoms with E-state index in [1.807, 2.05) is 32.9 Å². The zero-order valence-corrected chi connectivity index (χ0v) is 18.7. The van der Waals surface area contributed by atoms with E-state index in [9.17, 15) is 14.4 Å². The Hall–Kier alpha value is -3.29. The first-order chi connectivity index (χ1) is 14.6.